The predicted molar refractivity (Wildman–Crippen MR) is 90.9 cm³/mol. The summed E-state index contributed by atoms with van der Waals surface area (Å²) >= 11 is 0. The van der Waals surface area contributed by atoms with Gasteiger partial charge in [-0.3, -0.25) is 14.9 Å². The zero-order valence-corrected chi connectivity index (χ0v) is 14.0. The molecule has 3 rings (SSSR count). The van der Waals surface area contributed by atoms with Crippen LogP contribution in [0.1, 0.15) is 32.1 Å². The minimum atomic E-state index is -0.153. The third-order valence-electron chi connectivity index (χ3n) is 4.35. The van der Waals surface area contributed by atoms with Crippen LogP contribution >= 0.6 is 0 Å². The maximum absolute atomic E-state index is 12.3. The van der Waals surface area contributed by atoms with Crippen LogP contribution in [-0.2, 0) is 16.6 Å². The lowest BCUT2D eigenvalue weighted by Gasteiger charge is -2.15. The lowest BCUT2D eigenvalue weighted by molar-refractivity contribution is -0.121. The molecule has 7 heteroatoms. The smallest absolute Gasteiger partial charge is 0.228 e. The molecule has 1 aromatic carbocycles. The number of rotatable bonds is 4. The van der Waals surface area contributed by atoms with Gasteiger partial charge in [-0.2, -0.15) is 0 Å². The Morgan fingerprint density at radius 3 is 3.08 bits per heavy atom. The maximum atomic E-state index is 12.3. The second kappa shape index (κ2) is 6.90. The van der Waals surface area contributed by atoms with Crippen LogP contribution in [0.4, 0.5) is 5.95 Å². The molecule has 1 atom stereocenters. The van der Waals surface area contributed by atoms with Gasteiger partial charge in [0.1, 0.15) is 11.3 Å². The summed E-state index contributed by atoms with van der Waals surface area (Å²) in [6, 6.07) is 5.54. The van der Waals surface area contributed by atoms with Crippen molar-refractivity contribution in [2.45, 2.75) is 38.1 Å². The number of para-hydroxylation sites is 1. The Morgan fingerprint density at radius 2 is 2.29 bits per heavy atom. The van der Waals surface area contributed by atoms with Gasteiger partial charge in [0, 0.05) is 25.9 Å². The van der Waals surface area contributed by atoms with Gasteiger partial charge in [-0.15, -0.1) is 0 Å². The summed E-state index contributed by atoms with van der Waals surface area (Å²) in [6.45, 7) is 0. The van der Waals surface area contributed by atoms with Crippen LogP contribution in [0.15, 0.2) is 18.2 Å². The summed E-state index contributed by atoms with van der Waals surface area (Å²) in [5.41, 5.74) is 1.59. The van der Waals surface area contributed by atoms with E-state index in [1.807, 2.05) is 29.8 Å². The molecule has 24 heavy (non-hydrogen) atoms. The normalized spacial score (nSPS) is 18.1. The number of anilines is 1. The summed E-state index contributed by atoms with van der Waals surface area (Å²) in [5.74, 6) is 1.01. The second-order valence-electron chi connectivity index (χ2n) is 6.08. The van der Waals surface area contributed by atoms with E-state index in [1.165, 1.54) is 0 Å². The molecule has 1 saturated heterocycles. The molecule has 2 aromatic rings. The summed E-state index contributed by atoms with van der Waals surface area (Å²) in [7, 11) is 3.44. The van der Waals surface area contributed by atoms with E-state index in [2.05, 4.69) is 15.6 Å². The number of nitrogens with one attached hydrogen (secondary N) is 2. The number of aromatic nitrogens is 2. The van der Waals surface area contributed by atoms with Crippen molar-refractivity contribution in [2.75, 3.05) is 12.4 Å². The largest absolute Gasteiger partial charge is 0.494 e. The van der Waals surface area contributed by atoms with E-state index in [9.17, 15) is 9.59 Å². The minimum absolute atomic E-state index is 0.0257. The Bertz CT molecular complexity index is 769. The summed E-state index contributed by atoms with van der Waals surface area (Å²) in [6.07, 6.45) is 3.47. The van der Waals surface area contributed by atoms with E-state index in [4.69, 9.17) is 4.74 Å². The highest BCUT2D eigenvalue weighted by Gasteiger charge is 2.20. The van der Waals surface area contributed by atoms with Crippen molar-refractivity contribution in [3.63, 3.8) is 0 Å². The molecule has 128 valence electrons. The number of hydrogen-bond acceptors (Lipinski definition) is 4. The van der Waals surface area contributed by atoms with Crippen molar-refractivity contribution in [3.05, 3.63) is 18.2 Å². The van der Waals surface area contributed by atoms with Gasteiger partial charge >= 0.3 is 0 Å². The van der Waals surface area contributed by atoms with Gasteiger partial charge in [-0.25, -0.2) is 4.98 Å². The molecule has 1 unspecified atom stereocenters. The molecule has 0 bridgehead atoms. The minimum Gasteiger partial charge on any atom is -0.494 e. The van der Waals surface area contributed by atoms with Crippen molar-refractivity contribution in [1.29, 1.82) is 0 Å². The van der Waals surface area contributed by atoms with Crippen molar-refractivity contribution in [2.24, 2.45) is 7.05 Å². The highest BCUT2D eigenvalue weighted by atomic mass is 16.5. The highest BCUT2D eigenvalue weighted by molar-refractivity contribution is 5.93. The number of amides is 2. The summed E-state index contributed by atoms with van der Waals surface area (Å²) < 4.78 is 7.13. The van der Waals surface area contributed by atoms with E-state index in [1.54, 1.807) is 7.11 Å². The molecular formula is C17H22N4O3. The Hall–Kier alpha value is -2.57. The Balaban J connectivity index is 1.73. The first kappa shape index (κ1) is 16.3. The van der Waals surface area contributed by atoms with E-state index < -0.39 is 0 Å². The molecule has 2 amide bonds. The zero-order valence-electron chi connectivity index (χ0n) is 14.0. The van der Waals surface area contributed by atoms with Gasteiger partial charge in [-0.1, -0.05) is 12.5 Å². The van der Waals surface area contributed by atoms with E-state index in [0.29, 0.717) is 23.6 Å². The number of fused-ring (bicyclic) bond motifs is 1. The summed E-state index contributed by atoms with van der Waals surface area (Å²) in [4.78, 5) is 28.4. The highest BCUT2D eigenvalue weighted by Crippen LogP contribution is 2.27. The Kier molecular flexibility index (Phi) is 4.69. The molecule has 0 radical (unpaired) electrons. The first-order valence-electron chi connectivity index (χ1n) is 8.17. The SMILES string of the molecule is COc1cccc2c1nc(NC(=O)CC1CCCCC(=O)N1)n2C. The number of methoxy groups -OCH3 is 1. The maximum Gasteiger partial charge on any atom is 0.228 e. The van der Waals surface area contributed by atoms with Crippen LogP contribution in [0.2, 0.25) is 0 Å². The van der Waals surface area contributed by atoms with Crippen LogP contribution < -0.4 is 15.4 Å². The average Bonchev–Trinajstić information content (AvgIpc) is 2.73. The van der Waals surface area contributed by atoms with Crippen LogP contribution in [0.25, 0.3) is 11.0 Å². The number of nitrogens with zero attached hydrogens (tertiary/aromatic N) is 2. The van der Waals surface area contributed by atoms with Gasteiger partial charge in [0.05, 0.1) is 12.6 Å². The van der Waals surface area contributed by atoms with E-state index >= 15 is 0 Å². The van der Waals surface area contributed by atoms with Gasteiger partial charge in [0.15, 0.2) is 0 Å². The zero-order chi connectivity index (χ0) is 17.1. The third kappa shape index (κ3) is 3.34. The molecular weight excluding hydrogens is 308 g/mol. The molecule has 1 fully saturated rings. The topological polar surface area (TPSA) is 85.2 Å². The van der Waals surface area contributed by atoms with Crippen LogP contribution in [0.3, 0.4) is 0 Å². The van der Waals surface area contributed by atoms with Crippen molar-refractivity contribution in [1.82, 2.24) is 14.9 Å². The van der Waals surface area contributed by atoms with Crippen molar-refractivity contribution < 1.29 is 14.3 Å². The number of benzene rings is 1. The first-order valence-corrected chi connectivity index (χ1v) is 8.17. The molecule has 2 N–H and O–H groups in total. The first-order chi connectivity index (χ1) is 11.6. The molecule has 2 heterocycles. The number of aryl methyl sites for hydroxylation is 1. The van der Waals surface area contributed by atoms with Gasteiger partial charge in [0.2, 0.25) is 17.8 Å². The van der Waals surface area contributed by atoms with Crippen LogP contribution in [-0.4, -0.2) is 34.5 Å². The fourth-order valence-electron chi connectivity index (χ4n) is 3.07. The second-order valence-corrected chi connectivity index (χ2v) is 6.08. The number of ether oxygens (including phenoxy) is 1. The molecule has 0 aliphatic carbocycles. The monoisotopic (exact) mass is 330 g/mol. The summed E-state index contributed by atoms with van der Waals surface area (Å²) in [5, 5.41) is 5.75. The predicted octanol–water partition coefficient (Wildman–Crippen LogP) is 1.97. The molecule has 0 saturated carbocycles. The standard InChI is InChI=1S/C17H22N4O3/c1-21-12-7-5-8-13(24-2)16(12)20-17(21)19-15(23)10-11-6-3-4-9-14(22)18-11/h5,7-8,11H,3-4,6,9-10H2,1-2H3,(H,18,22)(H,19,20,23). The Morgan fingerprint density at radius 1 is 1.46 bits per heavy atom. The lowest BCUT2D eigenvalue weighted by atomic mass is 10.1. The van der Waals surface area contributed by atoms with Gasteiger partial charge < -0.3 is 14.6 Å². The third-order valence-corrected chi connectivity index (χ3v) is 4.35. The lowest BCUT2D eigenvalue weighted by Crippen LogP contribution is -2.36. The number of hydrogen-bond donors (Lipinski definition) is 2. The van der Waals surface area contributed by atoms with Crippen molar-refractivity contribution >= 4 is 28.8 Å². The van der Waals surface area contributed by atoms with Crippen LogP contribution in [0, 0.1) is 0 Å². The average molecular weight is 330 g/mol. The van der Waals surface area contributed by atoms with Crippen molar-refractivity contribution in [3.8, 4) is 5.75 Å². The Labute approximate surface area is 140 Å². The molecule has 0 spiro atoms. The van der Waals surface area contributed by atoms with E-state index in [-0.39, 0.29) is 24.3 Å². The quantitative estimate of drug-likeness (QED) is 0.897. The van der Waals surface area contributed by atoms with Crippen LogP contribution in [0.5, 0.6) is 5.75 Å². The van der Waals surface area contributed by atoms with E-state index in [0.717, 1.165) is 24.8 Å². The molecule has 1 aromatic heterocycles. The molecule has 1 aliphatic rings. The molecule has 7 nitrogen and oxygen atoms in total. The fraction of sp³-hybridized carbons (Fsp3) is 0.471. The molecule has 1 aliphatic heterocycles. The number of carbonyl (C=O) groups is 2. The number of imidazole rings is 1. The van der Waals surface area contributed by atoms with Gasteiger partial charge in [-0.05, 0) is 25.0 Å². The fourth-order valence-corrected chi connectivity index (χ4v) is 3.07. The number of carbonyl (C=O) groups excluding carboxylic acids is 2. The van der Waals surface area contributed by atoms with Gasteiger partial charge in [0.25, 0.3) is 0 Å².